The Morgan fingerprint density at radius 3 is 1.81 bits per heavy atom. The van der Waals surface area contributed by atoms with Gasteiger partial charge in [-0.05, 0) is 177 Å². The van der Waals surface area contributed by atoms with E-state index in [1.165, 1.54) is 44.9 Å². The Labute approximate surface area is 345 Å². The highest BCUT2D eigenvalue weighted by Gasteiger charge is 2.59. The highest BCUT2D eigenvalue weighted by Crippen LogP contribution is 2.67. The number of carbonyl (C=O) groups is 3. The van der Waals surface area contributed by atoms with Gasteiger partial charge in [0.05, 0.1) is 17.7 Å². The third kappa shape index (κ3) is 9.01. The molecule has 0 aliphatic heterocycles. The fourth-order valence-electron chi connectivity index (χ4n) is 11.4. The van der Waals surface area contributed by atoms with Crippen LogP contribution in [-0.4, -0.2) is 30.8 Å². The van der Waals surface area contributed by atoms with Crippen LogP contribution in [0.2, 0.25) is 0 Å². The maximum Gasteiger partial charge on any atom is 0.514 e. The number of hydrogen-bond acceptors (Lipinski definition) is 8. The van der Waals surface area contributed by atoms with Gasteiger partial charge in [-0.3, -0.25) is 0 Å². The van der Waals surface area contributed by atoms with E-state index in [4.69, 9.17) is 23.7 Å². The zero-order valence-corrected chi connectivity index (χ0v) is 35.2. The lowest BCUT2D eigenvalue weighted by Crippen LogP contribution is -2.52. The van der Waals surface area contributed by atoms with Crippen molar-refractivity contribution >= 4 is 18.1 Å². The first kappa shape index (κ1) is 41.6. The van der Waals surface area contributed by atoms with Crippen molar-refractivity contribution in [2.45, 2.75) is 112 Å². The van der Waals surface area contributed by atoms with Crippen LogP contribution in [0.1, 0.15) is 126 Å². The summed E-state index contributed by atoms with van der Waals surface area (Å²) in [5.41, 5.74) is 1.34. The van der Waals surface area contributed by atoms with Crippen LogP contribution in [-0.2, 0) is 4.74 Å². The Balaban J connectivity index is 0.873. The Kier molecular flexibility index (Phi) is 12.7. The second-order valence-electron chi connectivity index (χ2n) is 18.4. The molecular formula is C50H62O8. The first-order valence-electron chi connectivity index (χ1n) is 21.8. The molecule has 310 valence electrons. The number of carbonyl (C=O) groups excluding carboxylic acids is 3. The first-order chi connectivity index (χ1) is 27.9. The third-order valence-electron chi connectivity index (χ3n) is 14.5. The van der Waals surface area contributed by atoms with Crippen molar-refractivity contribution in [1.82, 2.24) is 0 Å². The fraction of sp³-hybridized carbons (Fsp3) is 0.540. The maximum absolute atomic E-state index is 13.0. The highest BCUT2D eigenvalue weighted by molar-refractivity contribution is 5.92. The van der Waals surface area contributed by atoms with E-state index in [0.717, 1.165) is 42.9 Å². The molecular weight excluding hydrogens is 729 g/mol. The fourth-order valence-corrected chi connectivity index (χ4v) is 11.4. The predicted octanol–water partition coefficient (Wildman–Crippen LogP) is 12.3. The molecule has 4 aliphatic carbocycles. The Morgan fingerprint density at radius 2 is 1.21 bits per heavy atom. The van der Waals surface area contributed by atoms with Crippen molar-refractivity contribution in [3.63, 3.8) is 0 Å². The van der Waals surface area contributed by atoms with E-state index >= 15 is 0 Å². The van der Waals surface area contributed by atoms with Gasteiger partial charge in [-0.2, -0.15) is 0 Å². The van der Waals surface area contributed by atoms with Crippen LogP contribution in [0, 0.1) is 52.3 Å². The van der Waals surface area contributed by atoms with E-state index in [0.29, 0.717) is 46.8 Å². The van der Waals surface area contributed by atoms with Crippen molar-refractivity contribution in [3.8, 4) is 23.0 Å². The van der Waals surface area contributed by atoms with Crippen LogP contribution in [0.3, 0.4) is 0 Å². The molecule has 0 radical (unpaired) electrons. The van der Waals surface area contributed by atoms with Crippen molar-refractivity contribution in [3.05, 3.63) is 96.1 Å². The first-order valence-corrected chi connectivity index (χ1v) is 21.8. The van der Waals surface area contributed by atoms with Crippen molar-refractivity contribution in [2.24, 2.45) is 52.3 Å². The summed E-state index contributed by atoms with van der Waals surface area (Å²) in [6.07, 6.45) is 16.3. The zero-order chi connectivity index (χ0) is 41.0. The number of esters is 2. The number of rotatable bonds is 13. The molecule has 3 fully saturated rings. The summed E-state index contributed by atoms with van der Waals surface area (Å²) in [6.45, 7) is 14.8. The van der Waals surface area contributed by atoms with Crippen molar-refractivity contribution < 1.29 is 38.1 Å². The molecule has 7 rings (SSSR count). The SMILES string of the molecule is CCOc1ccc(C(=O)Oc2ccc(OC(=O)c3ccc(OC(=O)OC4CCC5(C)C(C=CC6C5CCC5(C)C(C(C)CCCC(C)C)CCC65)C4)cc3)cc2)cc1. The van der Waals surface area contributed by atoms with Gasteiger partial charge in [-0.25, -0.2) is 14.4 Å². The lowest BCUT2D eigenvalue weighted by molar-refractivity contribution is -0.0852. The van der Waals surface area contributed by atoms with Crippen LogP contribution in [0.15, 0.2) is 84.9 Å². The lowest BCUT2D eigenvalue weighted by Gasteiger charge is -2.59. The van der Waals surface area contributed by atoms with E-state index in [9.17, 15) is 14.4 Å². The molecule has 58 heavy (non-hydrogen) atoms. The van der Waals surface area contributed by atoms with Crippen molar-refractivity contribution in [1.29, 1.82) is 0 Å². The molecule has 3 aromatic carbocycles. The van der Waals surface area contributed by atoms with Gasteiger partial charge in [0.15, 0.2) is 0 Å². The van der Waals surface area contributed by atoms with Crippen LogP contribution >= 0.6 is 0 Å². The van der Waals surface area contributed by atoms with Gasteiger partial charge in [-0.1, -0.05) is 66.0 Å². The summed E-state index contributed by atoms with van der Waals surface area (Å²) in [5.74, 6) is 5.40. The standard InChI is InChI=1S/C50H62O8/c1-7-54-37-16-11-34(12-17-37)46(51)55-38-20-22-39(23-21-38)56-47(52)35-13-18-40(19-14-35)57-48(53)58-41-27-29-49(5)36(31-41)15-24-42-44-26-25-43(33(4)10-8-9-32(2)3)50(44,6)30-28-45(42)49/h11-24,32-33,36,41-45H,7-10,25-31H2,1-6H3. The van der Waals surface area contributed by atoms with Crippen molar-refractivity contribution in [2.75, 3.05) is 6.61 Å². The molecule has 9 unspecified atom stereocenters. The molecule has 3 aromatic rings. The van der Waals surface area contributed by atoms with Gasteiger partial charge in [-0.15, -0.1) is 0 Å². The normalized spacial score (nSPS) is 29.0. The summed E-state index contributed by atoms with van der Waals surface area (Å²) < 4.78 is 27.8. The number of ether oxygens (including phenoxy) is 5. The van der Waals surface area contributed by atoms with Gasteiger partial charge in [0.2, 0.25) is 0 Å². The number of hydrogen-bond donors (Lipinski definition) is 0. The molecule has 4 aliphatic rings. The van der Waals surface area contributed by atoms with E-state index in [1.807, 2.05) is 6.92 Å². The summed E-state index contributed by atoms with van der Waals surface area (Å²) >= 11 is 0. The minimum absolute atomic E-state index is 0.195. The van der Waals surface area contributed by atoms with Crippen LogP contribution in [0.4, 0.5) is 4.79 Å². The molecule has 0 heterocycles. The minimum atomic E-state index is -0.724. The molecule has 8 nitrogen and oxygen atoms in total. The number of allylic oxidation sites excluding steroid dienone is 2. The second-order valence-corrected chi connectivity index (χ2v) is 18.4. The quantitative estimate of drug-likeness (QED) is 0.0731. The summed E-state index contributed by atoms with van der Waals surface area (Å²) in [4.78, 5) is 38.4. The van der Waals surface area contributed by atoms with Gasteiger partial charge >= 0.3 is 18.1 Å². The predicted molar refractivity (Wildman–Crippen MR) is 224 cm³/mol. The van der Waals surface area contributed by atoms with Gasteiger partial charge in [0, 0.05) is 0 Å². The molecule has 3 saturated carbocycles. The molecule has 8 heteroatoms. The molecule has 0 aromatic heterocycles. The summed E-state index contributed by atoms with van der Waals surface area (Å²) in [5, 5.41) is 0. The average Bonchev–Trinajstić information content (AvgIpc) is 3.56. The van der Waals surface area contributed by atoms with Gasteiger partial charge < -0.3 is 23.7 Å². The molecule has 9 atom stereocenters. The summed E-state index contributed by atoms with van der Waals surface area (Å²) in [6, 6.07) is 19.1. The number of benzene rings is 3. The van der Waals surface area contributed by atoms with E-state index < -0.39 is 18.1 Å². The monoisotopic (exact) mass is 790 g/mol. The molecule has 0 amide bonds. The lowest BCUT2D eigenvalue weighted by atomic mass is 9.46. The Morgan fingerprint density at radius 1 is 0.655 bits per heavy atom. The minimum Gasteiger partial charge on any atom is -0.494 e. The molecule has 0 saturated heterocycles. The van der Waals surface area contributed by atoms with E-state index in [-0.39, 0.29) is 28.6 Å². The molecule has 0 bridgehead atoms. The van der Waals surface area contributed by atoms with E-state index in [2.05, 4.69) is 46.8 Å². The highest BCUT2D eigenvalue weighted by atomic mass is 16.7. The molecule has 0 N–H and O–H groups in total. The smallest absolute Gasteiger partial charge is 0.494 e. The zero-order valence-electron chi connectivity index (χ0n) is 35.2. The van der Waals surface area contributed by atoms with Crippen LogP contribution < -0.4 is 18.9 Å². The van der Waals surface area contributed by atoms with Gasteiger partial charge in [0.1, 0.15) is 29.1 Å². The second kappa shape index (κ2) is 17.7. The third-order valence-corrected chi connectivity index (χ3v) is 14.5. The number of fused-ring (bicyclic) bond motifs is 5. The Hall–Kier alpha value is -4.59. The Bertz CT molecular complexity index is 1920. The average molecular weight is 791 g/mol. The topological polar surface area (TPSA) is 97.4 Å². The summed E-state index contributed by atoms with van der Waals surface area (Å²) in [7, 11) is 0. The molecule has 0 spiro atoms. The van der Waals surface area contributed by atoms with Gasteiger partial charge in [0.25, 0.3) is 0 Å². The van der Waals surface area contributed by atoms with Crippen LogP contribution in [0.25, 0.3) is 0 Å². The largest absolute Gasteiger partial charge is 0.514 e. The van der Waals surface area contributed by atoms with E-state index in [1.54, 1.807) is 72.8 Å². The van der Waals surface area contributed by atoms with Crippen LogP contribution in [0.5, 0.6) is 23.0 Å². The maximum atomic E-state index is 13.0.